The van der Waals surface area contributed by atoms with Crippen LogP contribution in [0.3, 0.4) is 0 Å². The molecule has 94 valence electrons. The zero-order chi connectivity index (χ0) is 13.1. The van der Waals surface area contributed by atoms with Crippen molar-refractivity contribution in [2.75, 3.05) is 13.7 Å². The lowest BCUT2D eigenvalue weighted by Crippen LogP contribution is -2.55. The molecule has 1 rings (SSSR count). The summed E-state index contributed by atoms with van der Waals surface area (Å²) in [6, 6.07) is 3.33. The number of hydrogen-bond acceptors (Lipinski definition) is 3. The Morgan fingerprint density at radius 1 is 1.59 bits per heavy atom. The fourth-order valence-electron chi connectivity index (χ4n) is 1.45. The van der Waals surface area contributed by atoms with Gasteiger partial charge in [-0.15, -0.1) is 0 Å². The van der Waals surface area contributed by atoms with E-state index in [9.17, 15) is 9.59 Å². The van der Waals surface area contributed by atoms with E-state index in [2.05, 4.69) is 5.32 Å². The van der Waals surface area contributed by atoms with Gasteiger partial charge in [-0.1, -0.05) is 0 Å². The average molecular weight is 240 g/mol. The van der Waals surface area contributed by atoms with Crippen molar-refractivity contribution in [3.8, 4) is 0 Å². The SMILES string of the molecule is COCC(C)(NC(=O)c1cccn1C)C(=O)O. The maximum absolute atomic E-state index is 11.9. The second kappa shape index (κ2) is 5.01. The normalized spacial score (nSPS) is 14.1. The van der Waals surface area contributed by atoms with E-state index in [1.165, 1.54) is 14.0 Å². The lowest BCUT2D eigenvalue weighted by molar-refractivity contribution is -0.145. The maximum Gasteiger partial charge on any atom is 0.331 e. The Labute approximate surface area is 99.2 Å². The first-order valence-corrected chi connectivity index (χ1v) is 5.07. The van der Waals surface area contributed by atoms with Gasteiger partial charge in [0.25, 0.3) is 5.91 Å². The van der Waals surface area contributed by atoms with Crippen molar-refractivity contribution >= 4 is 11.9 Å². The van der Waals surface area contributed by atoms with Crippen LogP contribution >= 0.6 is 0 Å². The number of methoxy groups -OCH3 is 1. The molecule has 0 aliphatic carbocycles. The highest BCUT2D eigenvalue weighted by Gasteiger charge is 2.35. The zero-order valence-electron chi connectivity index (χ0n) is 10.1. The number of carboxylic acids is 1. The molecule has 0 bridgehead atoms. The molecule has 17 heavy (non-hydrogen) atoms. The van der Waals surface area contributed by atoms with Gasteiger partial charge >= 0.3 is 5.97 Å². The number of nitrogens with zero attached hydrogens (tertiary/aromatic N) is 1. The molecular weight excluding hydrogens is 224 g/mol. The smallest absolute Gasteiger partial charge is 0.331 e. The third kappa shape index (κ3) is 2.85. The molecule has 0 aromatic carbocycles. The molecule has 0 spiro atoms. The van der Waals surface area contributed by atoms with Crippen LogP contribution in [0.5, 0.6) is 0 Å². The molecule has 0 fully saturated rings. The number of hydrogen-bond donors (Lipinski definition) is 2. The van der Waals surface area contributed by atoms with Crippen LogP contribution in [0.1, 0.15) is 17.4 Å². The Hall–Kier alpha value is -1.82. The Morgan fingerprint density at radius 3 is 2.65 bits per heavy atom. The lowest BCUT2D eigenvalue weighted by Gasteiger charge is -2.25. The monoisotopic (exact) mass is 240 g/mol. The Balaban J connectivity index is 2.85. The molecule has 1 amide bonds. The van der Waals surface area contributed by atoms with Crippen LogP contribution < -0.4 is 5.32 Å². The summed E-state index contributed by atoms with van der Waals surface area (Å²) in [4.78, 5) is 23.0. The molecule has 1 aromatic rings. The Kier molecular flexibility index (Phi) is 3.90. The van der Waals surface area contributed by atoms with Gasteiger partial charge < -0.3 is 19.7 Å². The van der Waals surface area contributed by atoms with Gasteiger partial charge in [0.1, 0.15) is 5.69 Å². The number of nitrogens with one attached hydrogen (secondary N) is 1. The number of rotatable bonds is 5. The minimum absolute atomic E-state index is 0.0987. The second-order valence-corrected chi connectivity index (χ2v) is 4.03. The fourth-order valence-corrected chi connectivity index (χ4v) is 1.45. The molecule has 0 aliphatic heterocycles. The number of carbonyl (C=O) groups is 2. The van der Waals surface area contributed by atoms with Gasteiger partial charge in [-0.3, -0.25) is 4.79 Å². The summed E-state index contributed by atoms with van der Waals surface area (Å²) in [6.45, 7) is 1.30. The number of carboxylic acid groups (broad SMARTS) is 1. The van der Waals surface area contributed by atoms with Gasteiger partial charge in [-0.05, 0) is 19.1 Å². The van der Waals surface area contributed by atoms with E-state index in [0.29, 0.717) is 5.69 Å². The van der Waals surface area contributed by atoms with Gasteiger partial charge in [-0.2, -0.15) is 0 Å². The van der Waals surface area contributed by atoms with Crippen molar-refractivity contribution in [3.63, 3.8) is 0 Å². The number of carbonyl (C=O) groups excluding carboxylic acids is 1. The number of aryl methyl sites for hydroxylation is 1. The third-order valence-electron chi connectivity index (χ3n) is 2.47. The second-order valence-electron chi connectivity index (χ2n) is 4.03. The summed E-state index contributed by atoms with van der Waals surface area (Å²) in [6.07, 6.45) is 1.71. The highest BCUT2D eigenvalue weighted by molar-refractivity contribution is 5.96. The summed E-state index contributed by atoms with van der Waals surface area (Å²) < 4.78 is 6.43. The standard InChI is InChI=1S/C11H16N2O4/c1-11(7-17-3,10(15)16)12-9(14)8-5-4-6-13(8)2/h4-6H,7H2,1-3H3,(H,12,14)(H,15,16). The van der Waals surface area contributed by atoms with E-state index in [0.717, 1.165) is 0 Å². The van der Waals surface area contributed by atoms with Gasteiger partial charge in [-0.25, -0.2) is 4.79 Å². The molecular formula is C11H16N2O4. The Bertz CT molecular complexity index is 427. The number of aromatic nitrogens is 1. The zero-order valence-corrected chi connectivity index (χ0v) is 10.1. The van der Waals surface area contributed by atoms with Crippen molar-refractivity contribution in [2.24, 2.45) is 7.05 Å². The quantitative estimate of drug-likeness (QED) is 0.772. The summed E-state index contributed by atoms with van der Waals surface area (Å²) in [5, 5.41) is 11.5. The van der Waals surface area contributed by atoms with Gasteiger partial charge in [0.15, 0.2) is 5.54 Å². The van der Waals surface area contributed by atoms with Crippen molar-refractivity contribution in [1.82, 2.24) is 9.88 Å². The molecule has 0 aliphatic rings. The van der Waals surface area contributed by atoms with Crippen LogP contribution in [0.15, 0.2) is 18.3 Å². The lowest BCUT2D eigenvalue weighted by atomic mass is 10.0. The number of ether oxygens (including phenoxy) is 1. The highest BCUT2D eigenvalue weighted by atomic mass is 16.5. The first-order valence-electron chi connectivity index (χ1n) is 5.07. The predicted molar refractivity (Wildman–Crippen MR) is 60.8 cm³/mol. The maximum atomic E-state index is 11.9. The number of amides is 1. The molecule has 6 heteroatoms. The molecule has 2 N–H and O–H groups in total. The highest BCUT2D eigenvalue weighted by Crippen LogP contribution is 2.08. The van der Waals surface area contributed by atoms with Crippen LogP contribution in [-0.2, 0) is 16.6 Å². The first kappa shape index (κ1) is 13.2. The van der Waals surface area contributed by atoms with E-state index >= 15 is 0 Å². The summed E-state index contributed by atoms with van der Waals surface area (Å²) in [7, 11) is 3.10. The van der Waals surface area contributed by atoms with Gasteiger partial charge in [0.2, 0.25) is 0 Å². The number of aliphatic carboxylic acids is 1. The third-order valence-corrected chi connectivity index (χ3v) is 2.47. The van der Waals surface area contributed by atoms with Crippen molar-refractivity contribution in [2.45, 2.75) is 12.5 Å². The van der Waals surface area contributed by atoms with Crippen molar-refractivity contribution < 1.29 is 19.4 Å². The van der Waals surface area contributed by atoms with Crippen LogP contribution in [0.25, 0.3) is 0 Å². The van der Waals surface area contributed by atoms with E-state index < -0.39 is 17.4 Å². The molecule has 1 aromatic heterocycles. The molecule has 1 atom stereocenters. The topological polar surface area (TPSA) is 80.6 Å². The van der Waals surface area contributed by atoms with Gasteiger partial charge in [0, 0.05) is 20.4 Å². The predicted octanol–water partition coefficient (Wildman–Crippen LogP) is 0.245. The molecule has 6 nitrogen and oxygen atoms in total. The molecule has 0 radical (unpaired) electrons. The summed E-state index contributed by atoms with van der Waals surface area (Å²) in [5.74, 6) is -1.58. The van der Waals surface area contributed by atoms with Crippen molar-refractivity contribution in [1.29, 1.82) is 0 Å². The molecule has 1 unspecified atom stereocenters. The molecule has 1 heterocycles. The minimum atomic E-state index is -1.43. The van der Waals surface area contributed by atoms with E-state index in [4.69, 9.17) is 9.84 Å². The van der Waals surface area contributed by atoms with Crippen LogP contribution in [-0.4, -0.2) is 40.8 Å². The minimum Gasteiger partial charge on any atom is -0.479 e. The van der Waals surface area contributed by atoms with E-state index in [-0.39, 0.29) is 6.61 Å². The van der Waals surface area contributed by atoms with Crippen LogP contribution in [0, 0.1) is 0 Å². The summed E-state index contributed by atoms with van der Waals surface area (Å²) >= 11 is 0. The summed E-state index contributed by atoms with van der Waals surface area (Å²) in [5.41, 5.74) is -1.04. The van der Waals surface area contributed by atoms with E-state index in [1.807, 2.05) is 0 Å². The molecule has 0 saturated carbocycles. The van der Waals surface area contributed by atoms with E-state index in [1.54, 1.807) is 29.9 Å². The molecule has 0 saturated heterocycles. The average Bonchev–Trinajstić information content (AvgIpc) is 2.64. The Morgan fingerprint density at radius 2 is 2.24 bits per heavy atom. The van der Waals surface area contributed by atoms with Crippen molar-refractivity contribution in [3.05, 3.63) is 24.0 Å². The first-order chi connectivity index (χ1) is 7.90. The van der Waals surface area contributed by atoms with Crippen LogP contribution in [0.2, 0.25) is 0 Å². The van der Waals surface area contributed by atoms with Gasteiger partial charge in [0.05, 0.1) is 6.61 Å². The fraction of sp³-hybridized carbons (Fsp3) is 0.455. The largest absolute Gasteiger partial charge is 0.479 e. The van der Waals surface area contributed by atoms with Crippen LogP contribution in [0.4, 0.5) is 0 Å².